The third kappa shape index (κ3) is 4.62. The summed E-state index contributed by atoms with van der Waals surface area (Å²) >= 11 is 0. The van der Waals surface area contributed by atoms with Gasteiger partial charge in [0.1, 0.15) is 0 Å². The van der Waals surface area contributed by atoms with Crippen LogP contribution in [-0.4, -0.2) is 43.2 Å². The first-order valence-electron chi connectivity index (χ1n) is 8.21. The van der Waals surface area contributed by atoms with E-state index >= 15 is 0 Å². The number of amides is 1. The van der Waals surface area contributed by atoms with Gasteiger partial charge >= 0.3 is 0 Å². The van der Waals surface area contributed by atoms with Crippen LogP contribution in [-0.2, 0) is 6.54 Å². The highest BCUT2D eigenvalue weighted by atomic mass is 16.5. The summed E-state index contributed by atoms with van der Waals surface area (Å²) in [4.78, 5) is 18.5. The van der Waals surface area contributed by atoms with E-state index in [2.05, 4.69) is 4.98 Å². The largest absolute Gasteiger partial charge is 0.493 e. The standard InChI is InChI=1S/C19H24N2O4/c1-5-21(19(22)15-8-10-18(24-4)20-12-15)13-14-7-9-16(25-6-2)17(11-14)23-3/h7-12H,5-6,13H2,1-4H3. The molecule has 0 saturated heterocycles. The highest BCUT2D eigenvalue weighted by Gasteiger charge is 2.16. The molecule has 25 heavy (non-hydrogen) atoms. The molecule has 0 bridgehead atoms. The summed E-state index contributed by atoms with van der Waals surface area (Å²) in [7, 11) is 3.15. The molecule has 6 nitrogen and oxygen atoms in total. The van der Waals surface area contributed by atoms with Crippen molar-refractivity contribution < 1.29 is 19.0 Å². The molecular weight excluding hydrogens is 320 g/mol. The third-order valence-corrected chi connectivity index (χ3v) is 3.76. The summed E-state index contributed by atoms with van der Waals surface area (Å²) in [6, 6.07) is 9.10. The van der Waals surface area contributed by atoms with Gasteiger partial charge in [-0.1, -0.05) is 6.07 Å². The first-order valence-corrected chi connectivity index (χ1v) is 8.21. The minimum absolute atomic E-state index is 0.0782. The van der Waals surface area contributed by atoms with Crippen molar-refractivity contribution >= 4 is 5.91 Å². The van der Waals surface area contributed by atoms with E-state index in [1.807, 2.05) is 32.0 Å². The first kappa shape index (κ1) is 18.6. The Morgan fingerprint density at radius 2 is 1.88 bits per heavy atom. The lowest BCUT2D eigenvalue weighted by atomic mass is 10.1. The molecule has 134 valence electrons. The molecule has 0 saturated carbocycles. The Balaban J connectivity index is 2.16. The van der Waals surface area contributed by atoms with Crippen LogP contribution in [0.5, 0.6) is 17.4 Å². The molecule has 0 aliphatic carbocycles. The van der Waals surface area contributed by atoms with Crippen LogP contribution in [0.1, 0.15) is 29.8 Å². The molecule has 1 amide bonds. The zero-order chi connectivity index (χ0) is 18.2. The lowest BCUT2D eigenvalue weighted by Gasteiger charge is -2.21. The molecular formula is C19H24N2O4. The maximum Gasteiger partial charge on any atom is 0.255 e. The van der Waals surface area contributed by atoms with E-state index < -0.39 is 0 Å². The van der Waals surface area contributed by atoms with Crippen molar-refractivity contribution in [2.24, 2.45) is 0 Å². The summed E-state index contributed by atoms with van der Waals surface area (Å²) in [5, 5.41) is 0. The zero-order valence-electron chi connectivity index (χ0n) is 15.1. The van der Waals surface area contributed by atoms with E-state index in [1.165, 1.54) is 6.20 Å². The lowest BCUT2D eigenvalue weighted by molar-refractivity contribution is 0.0752. The van der Waals surface area contributed by atoms with Gasteiger partial charge in [-0.15, -0.1) is 0 Å². The van der Waals surface area contributed by atoms with Crippen molar-refractivity contribution in [2.45, 2.75) is 20.4 Å². The maximum absolute atomic E-state index is 12.7. The van der Waals surface area contributed by atoms with Gasteiger partial charge in [-0.25, -0.2) is 4.98 Å². The Morgan fingerprint density at radius 1 is 1.08 bits per heavy atom. The van der Waals surface area contributed by atoms with E-state index in [4.69, 9.17) is 14.2 Å². The van der Waals surface area contributed by atoms with Gasteiger partial charge in [0.2, 0.25) is 5.88 Å². The predicted molar refractivity (Wildman–Crippen MR) is 95.4 cm³/mol. The molecule has 6 heteroatoms. The smallest absolute Gasteiger partial charge is 0.255 e. The van der Waals surface area contributed by atoms with Gasteiger partial charge in [-0.2, -0.15) is 0 Å². The number of hydrogen-bond acceptors (Lipinski definition) is 5. The number of methoxy groups -OCH3 is 2. The summed E-state index contributed by atoms with van der Waals surface area (Å²) in [6.07, 6.45) is 1.53. The van der Waals surface area contributed by atoms with Crippen LogP contribution in [0.3, 0.4) is 0 Å². The van der Waals surface area contributed by atoms with E-state index in [1.54, 1.807) is 31.3 Å². The van der Waals surface area contributed by atoms with Gasteiger partial charge in [0.15, 0.2) is 11.5 Å². The Bertz CT molecular complexity index is 701. The Labute approximate surface area is 148 Å². The number of rotatable bonds is 8. The molecule has 0 aliphatic heterocycles. The van der Waals surface area contributed by atoms with Crippen molar-refractivity contribution in [2.75, 3.05) is 27.4 Å². The summed E-state index contributed by atoms with van der Waals surface area (Å²) in [6.45, 7) is 5.50. The molecule has 0 aliphatic rings. The number of ether oxygens (including phenoxy) is 3. The highest BCUT2D eigenvalue weighted by Crippen LogP contribution is 2.28. The highest BCUT2D eigenvalue weighted by molar-refractivity contribution is 5.93. The lowest BCUT2D eigenvalue weighted by Crippen LogP contribution is -2.30. The van der Waals surface area contributed by atoms with Crippen LogP contribution in [0, 0.1) is 0 Å². The number of aromatic nitrogens is 1. The van der Waals surface area contributed by atoms with Crippen LogP contribution in [0.4, 0.5) is 0 Å². The van der Waals surface area contributed by atoms with Crippen LogP contribution >= 0.6 is 0 Å². The summed E-state index contributed by atoms with van der Waals surface area (Å²) < 4.78 is 15.9. The summed E-state index contributed by atoms with van der Waals surface area (Å²) in [5.74, 6) is 1.76. The summed E-state index contributed by atoms with van der Waals surface area (Å²) in [5.41, 5.74) is 1.50. The molecule has 0 spiro atoms. The molecule has 1 heterocycles. The van der Waals surface area contributed by atoms with Crippen LogP contribution in [0.25, 0.3) is 0 Å². The molecule has 0 N–H and O–H groups in total. The van der Waals surface area contributed by atoms with E-state index in [-0.39, 0.29) is 5.91 Å². The number of pyridine rings is 1. The van der Waals surface area contributed by atoms with Crippen LogP contribution in [0.15, 0.2) is 36.5 Å². The SMILES string of the molecule is CCOc1ccc(CN(CC)C(=O)c2ccc(OC)nc2)cc1OC. The zero-order valence-corrected chi connectivity index (χ0v) is 15.1. The van der Waals surface area contributed by atoms with Crippen LogP contribution in [0.2, 0.25) is 0 Å². The fourth-order valence-corrected chi connectivity index (χ4v) is 2.44. The number of benzene rings is 1. The fourth-order valence-electron chi connectivity index (χ4n) is 2.44. The van der Waals surface area contributed by atoms with Crippen molar-refractivity contribution in [3.63, 3.8) is 0 Å². The number of nitrogens with zero attached hydrogens (tertiary/aromatic N) is 2. The fraction of sp³-hybridized carbons (Fsp3) is 0.368. The van der Waals surface area contributed by atoms with Crippen molar-refractivity contribution in [3.05, 3.63) is 47.7 Å². The number of hydrogen-bond donors (Lipinski definition) is 0. The van der Waals surface area contributed by atoms with Crippen molar-refractivity contribution in [3.8, 4) is 17.4 Å². The molecule has 0 atom stereocenters. The number of carbonyl (C=O) groups is 1. The maximum atomic E-state index is 12.7. The molecule has 2 rings (SSSR count). The normalized spacial score (nSPS) is 10.2. The minimum atomic E-state index is -0.0782. The van der Waals surface area contributed by atoms with Gasteiger partial charge in [0, 0.05) is 25.4 Å². The molecule has 0 fully saturated rings. The van der Waals surface area contributed by atoms with E-state index in [0.29, 0.717) is 42.6 Å². The van der Waals surface area contributed by atoms with Gasteiger partial charge in [-0.05, 0) is 37.6 Å². The predicted octanol–water partition coefficient (Wildman–Crippen LogP) is 3.16. The molecule has 0 radical (unpaired) electrons. The van der Waals surface area contributed by atoms with E-state index in [9.17, 15) is 4.79 Å². The monoisotopic (exact) mass is 344 g/mol. The van der Waals surface area contributed by atoms with Crippen molar-refractivity contribution in [1.29, 1.82) is 0 Å². The third-order valence-electron chi connectivity index (χ3n) is 3.76. The quantitative estimate of drug-likeness (QED) is 0.736. The molecule has 1 aromatic heterocycles. The van der Waals surface area contributed by atoms with Gasteiger partial charge in [0.05, 0.1) is 26.4 Å². The Hall–Kier alpha value is -2.76. The van der Waals surface area contributed by atoms with Gasteiger partial charge < -0.3 is 19.1 Å². The van der Waals surface area contributed by atoms with E-state index in [0.717, 1.165) is 5.56 Å². The second kappa shape index (κ2) is 8.92. The van der Waals surface area contributed by atoms with Crippen molar-refractivity contribution in [1.82, 2.24) is 9.88 Å². The molecule has 2 aromatic rings. The Morgan fingerprint density at radius 3 is 2.44 bits per heavy atom. The minimum Gasteiger partial charge on any atom is -0.493 e. The second-order valence-electron chi connectivity index (χ2n) is 5.33. The number of carbonyl (C=O) groups excluding carboxylic acids is 1. The van der Waals surface area contributed by atoms with Gasteiger partial charge in [-0.3, -0.25) is 4.79 Å². The molecule has 0 unspecified atom stereocenters. The second-order valence-corrected chi connectivity index (χ2v) is 5.33. The average molecular weight is 344 g/mol. The first-order chi connectivity index (χ1) is 12.1. The topological polar surface area (TPSA) is 60.9 Å². The molecule has 1 aromatic carbocycles. The van der Waals surface area contributed by atoms with Gasteiger partial charge in [0.25, 0.3) is 5.91 Å². The Kier molecular flexibility index (Phi) is 6.62. The average Bonchev–Trinajstić information content (AvgIpc) is 2.66. The van der Waals surface area contributed by atoms with Crippen LogP contribution < -0.4 is 14.2 Å².